The number of rotatable bonds is 3. The first-order valence-corrected chi connectivity index (χ1v) is 9.37. The van der Waals surface area contributed by atoms with E-state index in [1.165, 1.54) is 19.1 Å². The summed E-state index contributed by atoms with van der Waals surface area (Å²) in [6.45, 7) is 2.73. The van der Waals surface area contributed by atoms with Gasteiger partial charge in [0.15, 0.2) is 0 Å². The molecule has 0 fully saturated rings. The molecule has 0 aliphatic carbocycles. The number of nitrogens with zero attached hydrogens (tertiary/aromatic N) is 1. The van der Waals surface area contributed by atoms with Crippen LogP contribution in [0.4, 0.5) is 5.69 Å². The molecule has 1 aliphatic rings. The van der Waals surface area contributed by atoms with Crippen LogP contribution < -0.4 is 4.72 Å². The number of nitrogens with one attached hydrogen (secondary N) is 1. The van der Waals surface area contributed by atoms with Gasteiger partial charge >= 0.3 is 0 Å². The first-order valence-electron chi connectivity index (χ1n) is 7.51. The van der Waals surface area contributed by atoms with Crippen LogP contribution in [0.3, 0.4) is 0 Å². The van der Waals surface area contributed by atoms with Gasteiger partial charge in [0.1, 0.15) is 0 Å². The number of halogens is 1. The number of benzene rings is 2. The summed E-state index contributed by atoms with van der Waals surface area (Å²) in [4.78, 5) is 13.4. The van der Waals surface area contributed by atoms with Gasteiger partial charge in [0.25, 0.3) is 10.0 Å². The second-order valence-corrected chi connectivity index (χ2v) is 7.86. The number of carbonyl (C=O) groups excluding carboxylic acids is 1. The lowest BCUT2D eigenvalue weighted by atomic mass is 9.99. The monoisotopic (exact) mass is 364 g/mol. The number of carbonyl (C=O) groups is 1. The van der Waals surface area contributed by atoms with E-state index in [9.17, 15) is 13.2 Å². The van der Waals surface area contributed by atoms with E-state index in [4.69, 9.17) is 11.6 Å². The minimum atomic E-state index is -3.71. The van der Waals surface area contributed by atoms with Crippen LogP contribution in [0.5, 0.6) is 0 Å². The number of hydrogen-bond donors (Lipinski definition) is 1. The van der Waals surface area contributed by atoms with Crippen molar-refractivity contribution in [3.05, 3.63) is 58.6 Å². The highest BCUT2D eigenvalue weighted by Crippen LogP contribution is 2.25. The fourth-order valence-electron chi connectivity index (χ4n) is 2.74. The van der Waals surface area contributed by atoms with Gasteiger partial charge in [-0.1, -0.05) is 23.7 Å². The zero-order chi connectivity index (χ0) is 17.3. The Morgan fingerprint density at radius 3 is 2.67 bits per heavy atom. The second kappa shape index (κ2) is 6.45. The highest BCUT2D eigenvalue weighted by Gasteiger charge is 2.20. The molecule has 5 nitrogen and oxygen atoms in total. The van der Waals surface area contributed by atoms with E-state index < -0.39 is 10.0 Å². The first kappa shape index (κ1) is 16.8. The molecule has 24 heavy (non-hydrogen) atoms. The summed E-state index contributed by atoms with van der Waals surface area (Å²) in [6.07, 6.45) is 0.774. The number of amides is 1. The summed E-state index contributed by atoms with van der Waals surface area (Å²) in [7, 11) is -3.71. The Labute approximate surface area is 146 Å². The third-order valence-electron chi connectivity index (χ3n) is 4.02. The molecule has 2 aromatic carbocycles. The van der Waals surface area contributed by atoms with E-state index in [0.717, 1.165) is 17.5 Å². The van der Waals surface area contributed by atoms with Gasteiger partial charge in [0.2, 0.25) is 5.91 Å². The molecule has 7 heteroatoms. The Morgan fingerprint density at radius 1 is 1.17 bits per heavy atom. The van der Waals surface area contributed by atoms with E-state index in [0.29, 0.717) is 23.8 Å². The highest BCUT2D eigenvalue weighted by molar-refractivity contribution is 7.92. The highest BCUT2D eigenvalue weighted by atomic mass is 35.5. The Hall–Kier alpha value is -2.05. The molecule has 0 saturated carbocycles. The van der Waals surface area contributed by atoms with Crippen LogP contribution in [0.1, 0.15) is 18.1 Å². The lowest BCUT2D eigenvalue weighted by Crippen LogP contribution is -2.34. The van der Waals surface area contributed by atoms with Crippen LogP contribution in [0.15, 0.2) is 47.4 Å². The van der Waals surface area contributed by atoms with Crippen molar-refractivity contribution < 1.29 is 13.2 Å². The molecule has 3 rings (SSSR count). The Bertz CT molecular complexity index is 896. The zero-order valence-electron chi connectivity index (χ0n) is 13.1. The molecule has 0 bridgehead atoms. The average Bonchev–Trinajstić information content (AvgIpc) is 2.53. The zero-order valence-corrected chi connectivity index (χ0v) is 14.7. The van der Waals surface area contributed by atoms with Crippen LogP contribution in [-0.4, -0.2) is 25.8 Å². The third kappa shape index (κ3) is 3.55. The quantitative estimate of drug-likeness (QED) is 0.910. The van der Waals surface area contributed by atoms with Crippen LogP contribution in [0.25, 0.3) is 0 Å². The van der Waals surface area contributed by atoms with E-state index in [2.05, 4.69) is 4.72 Å². The molecular formula is C17H17ClN2O3S. The molecule has 1 N–H and O–H groups in total. The molecule has 1 amide bonds. The van der Waals surface area contributed by atoms with Crippen molar-refractivity contribution in [3.8, 4) is 0 Å². The molecule has 1 heterocycles. The van der Waals surface area contributed by atoms with Crippen molar-refractivity contribution in [1.82, 2.24) is 4.90 Å². The predicted molar refractivity (Wildman–Crippen MR) is 93.5 cm³/mol. The molecule has 0 radical (unpaired) electrons. The molecule has 0 unspecified atom stereocenters. The van der Waals surface area contributed by atoms with Gasteiger partial charge in [-0.15, -0.1) is 0 Å². The van der Waals surface area contributed by atoms with E-state index in [1.807, 2.05) is 6.07 Å². The van der Waals surface area contributed by atoms with Crippen molar-refractivity contribution in [3.63, 3.8) is 0 Å². The largest absolute Gasteiger partial charge is 0.338 e. The summed E-state index contributed by atoms with van der Waals surface area (Å²) in [5.41, 5.74) is 2.57. The van der Waals surface area contributed by atoms with E-state index in [-0.39, 0.29) is 10.8 Å². The number of anilines is 1. The Balaban J connectivity index is 1.86. The summed E-state index contributed by atoms with van der Waals surface area (Å²) >= 11 is 5.86. The predicted octanol–water partition coefficient (Wildman–Crippen LogP) is 3.05. The Morgan fingerprint density at radius 2 is 1.96 bits per heavy atom. The van der Waals surface area contributed by atoms with Crippen molar-refractivity contribution in [2.45, 2.75) is 24.8 Å². The third-order valence-corrected chi connectivity index (χ3v) is 5.64. The molecule has 0 aromatic heterocycles. The van der Waals surface area contributed by atoms with Crippen molar-refractivity contribution in [2.24, 2.45) is 0 Å². The van der Waals surface area contributed by atoms with Crippen LogP contribution >= 0.6 is 11.6 Å². The molecular weight excluding hydrogens is 348 g/mol. The first-order chi connectivity index (χ1) is 11.3. The lowest BCUT2D eigenvalue weighted by molar-refractivity contribution is -0.129. The smallest absolute Gasteiger partial charge is 0.261 e. The number of hydrogen-bond acceptors (Lipinski definition) is 3. The lowest BCUT2D eigenvalue weighted by Gasteiger charge is -2.28. The van der Waals surface area contributed by atoms with Crippen LogP contribution in [-0.2, 0) is 27.8 Å². The summed E-state index contributed by atoms with van der Waals surface area (Å²) in [5, 5.41) is 0.361. The minimum absolute atomic E-state index is 0.0190. The fourth-order valence-corrected chi connectivity index (χ4v) is 4.09. The van der Waals surface area contributed by atoms with Gasteiger partial charge in [0.05, 0.1) is 4.90 Å². The molecule has 0 spiro atoms. The van der Waals surface area contributed by atoms with Gasteiger partial charge < -0.3 is 4.90 Å². The maximum atomic E-state index is 12.5. The summed E-state index contributed by atoms with van der Waals surface area (Å²) < 4.78 is 27.5. The average molecular weight is 365 g/mol. The van der Waals surface area contributed by atoms with E-state index in [1.54, 1.807) is 29.2 Å². The SMILES string of the molecule is CC(=O)N1CCc2ccc(NS(=O)(=O)c3cccc(Cl)c3)cc2C1. The summed E-state index contributed by atoms with van der Waals surface area (Å²) in [6, 6.07) is 11.5. The molecule has 2 aromatic rings. The van der Waals surface area contributed by atoms with Gasteiger partial charge in [-0.05, 0) is 47.9 Å². The van der Waals surface area contributed by atoms with Gasteiger partial charge in [0, 0.05) is 30.7 Å². The van der Waals surface area contributed by atoms with E-state index >= 15 is 0 Å². The number of sulfonamides is 1. The maximum Gasteiger partial charge on any atom is 0.261 e. The van der Waals surface area contributed by atoms with Gasteiger partial charge in [-0.2, -0.15) is 0 Å². The van der Waals surface area contributed by atoms with Gasteiger partial charge in [-0.3, -0.25) is 9.52 Å². The maximum absolute atomic E-state index is 12.5. The molecule has 1 aliphatic heterocycles. The van der Waals surface area contributed by atoms with Crippen molar-refractivity contribution in [1.29, 1.82) is 0 Å². The topological polar surface area (TPSA) is 66.5 Å². The molecule has 0 atom stereocenters. The van der Waals surface area contributed by atoms with Crippen molar-refractivity contribution in [2.75, 3.05) is 11.3 Å². The second-order valence-electron chi connectivity index (χ2n) is 5.74. The fraction of sp³-hybridized carbons (Fsp3) is 0.235. The number of fused-ring (bicyclic) bond motifs is 1. The van der Waals surface area contributed by atoms with Crippen molar-refractivity contribution >= 4 is 33.2 Å². The normalized spacial score (nSPS) is 14.2. The minimum Gasteiger partial charge on any atom is -0.338 e. The van der Waals surface area contributed by atoms with Crippen LogP contribution in [0.2, 0.25) is 5.02 Å². The Kier molecular flexibility index (Phi) is 4.51. The summed E-state index contributed by atoms with van der Waals surface area (Å²) in [5.74, 6) is 0.0190. The molecule has 126 valence electrons. The standard InChI is InChI=1S/C17H17ClN2O3S/c1-12(21)20-8-7-13-5-6-16(9-14(13)11-20)19-24(22,23)17-4-2-3-15(18)10-17/h2-6,9-10,19H,7-8,11H2,1H3. The molecule has 0 saturated heterocycles. The van der Waals surface area contributed by atoms with Gasteiger partial charge in [-0.25, -0.2) is 8.42 Å². The van der Waals surface area contributed by atoms with Crippen LogP contribution in [0, 0.1) is 0 Å².